The highest BCUT2D eigenvalue weighted by atomic mass is 16.7. The Morgan fingerprint density at radius 2 is 1.92 bits per heavy atom. The molecule has 0 aromatic carbocycles. The molecule has 1 heterocycles. The summed E-state index contributed by atoms with van der Waals surface area (Å²) in [5.41, 5.74) is 0. The van der Waals surface area contributed by atoms with E-state index in [0.29, 0.717) is 13.2 Å². The fourth-order valence-corrected chi connectivity index (χ4v) is 2.38. The smallest absolute Gasteiger partial charge is 0.222 e. The highest BCUT2D eigenvalue weighted by Gasteiger charge is 2.45. The van der Waals surface area contributed by atoms with Gasteiger partial charge in [-0.15, -0.1) is 0 Å². The van der Waals surface area contributed by atoms with Gasteiger partial charge in [0, 0.05) is 26.5 Å². The largest absolute Gasteiger partial charge is 0.394 e. The molecular formula is C15H28N2O8. The molecule has 1 aliphatic heterocycles. The molecule has 0 radical (unpaired) electrons. The van der Waals surface area contributed by atoms with Gasteiger partial charge in [-0.3, -0.25) is 9.59 Å². The Kier molecular flexibility index (Phi) is 9.86. The lowest BCUT2D eigenvalue weighted by Gasteiger charge is -2.42. The molecule has 2 amide bonds. The van der Waals surface area contributed by atoms with E-state index in [0.717, 1.165) is 0 Å². The summed E-state index contributed by atoms with van der Waals surface area (Å²) in [7, 11) is 0. The average molecular weight is 364 g/mol. The van der Waals surface area contributed by atoms with E-state index in [2.05, 4.69) is 10.6 Å². The number of ether oxygens (including phenoxy) is 3. The van der Waals surface area contributed by atoms with Crippen LogP contribution >= 0.6 is 0 Å². The van der Waals surface area contributed by atoms with Crippen molar-refractivity contribution in [3.8, 4) is 0 Å². The number of amides is 2. The second-order valence-corrected chi connectivity index (χ2v) is 5.60. The highest BCUT2D eigenvalue weighted by molar-refractivity contribution is 5.75. The van der Waals surface area contributed by atoms with Gasteiger partial charge in [-0.2, -0.15) is 0 Å². The molecular weight excluding hydrogens is 336 g/mol. The van der Waals surface area contributed by atoms with Gasteiger partial charge in [-0.25, -0.2) is 0 Å². The molecule has 0 bridgehead atoms. The van der Waals surface area contributed by atoms with Crippen molar-refractivity contribution in [2.75, 3.05) is 33.0 Å². The van der Waals surface area contributed by atoms with Crippen molar-refractivity contribution in [3.63, 3.8) is 0 Å². The maximum Gasteiger partial charge on any atom is 0.222 e. The quantitative estimate of drug-likeness (QED) is 0.267. The number of aliphatic hydroxyl groups excluding tert-OH is 3. The van der Waals surface area contributed by atoms with Crippen molar-refractivity contribution in [3.05, 3.63) is 0 Å². The first-order chi connectivity index (χ1) is 11.9. The minimum Gasteiger partial charge on any atom is -0.394 e. The minimum atomic E-state index is -1.36. The van der Waals surface area contributed by atoms with E-state index in [1.807, 2.05) is 6.92 Å². The molecule has 146 valence electrons. The molecule has 0 spiro atoms. The van der Waals surface area contributed by atoms with Crippen molar-refractivity contribution in [2.24, 2.45) is 0 Å². The Morgan fingerprint density at radius 1 is 1.20 bits per heavy atom. The Balaban J connectivity index is 2.46. The van der Waals surface area contributed by atoms with E-state index in [-0.39, 0.29) is 25.5 Å². The van der Waals surface area contributed by atoms with Gasteiger partial charge in [0.25, 0.3) is 0 Å². The van der Waals surface area contributed by atoms with Crippen LogP contribution in [0.25, 0.3) is 0 Å². The number of carbonyl (C=O) groups is 2. The predicted octanol–water partition coefficient (Wildman–Crippen LogP) is -2.51. The van der Waals surface area contributed by atoms with E-state index in [1.165, 1.54) is 6.92 Å². The van der Waals surface area contributed by atoms with Crippen LogP contribution in [0.1, 0.15) is 20.3 Å². The van der Waals surface area contributed by atoms with Crippen LogP contribution in [0.2, 0.25) is 0 Å². The molecule has 1 rings (SSSR count). The van der Waals surface area contributed by atoms with Crippen LogP contribution in [0.5, 0.6) is 0 Å². The lowest BCUT2D eigenvalue weighted by Crippen LogP contribution is -2.64. The summed E-state index contributed by atoms with van der Waals surface area (Å²) in [5, 5.41) is 34.3. The third kappa shape index (κ3) is 7.22. The van der Waals surface area contributed by atoms with Crippen LogP contribution in [0.4, 0.5) is 0 Å². The third-order valence-corrected chi connectivity index (χ3v) is 3.63. The van der Waals surface area contributed by atoms with Crippen LogP contribution in [-0.4, -0.2) is 90.7 Å². The topological polar surface area (TPSA) is 147 Å². The molecule has 5 N–H and O–H groups in total. The summed E-state index contributed by atoms with van der Waals surface area (Å²) in [6.45, 7) is 3.71. The fourth-order valence-electron chi connectivity index (χ4n) is 2.38. The van der Waals surface area contributed by atoms with Crippen LogP contribution in [0.3, 0.4) is 0 Å². The van der Waals surface area contributed by atoms with Crippen LogP contribution in [0.15, 0.2) is 0 Å². The zero-order valence-corrected chi connectivity index (χ0v) is 14.5. The van der Waals surface area contributed by atoms with Crippen LogP contribution in [-0.2, 0) is 23.8 Å². The molecule has 1 aliphatic rings. The molecule has 0 aromatic heterocycles. The van der Waals surface area contributed by atoms with E-state index < -0.39 is 43.2 Å². The molecule has 0 aromatic rings. The van der Waals surface area contributed by atoms with E-state index >= 15 is 0 Å². The number of rotatable bonds is 10. The summed E-state index contributed by atoms with van der Waals surface area (Å²) in [5.74, 6) is -0.621. The van der Waals surface area contributed by atoms with Gasteiger partial charge in [0.05, 0.1) is 19.8 Å². The summed E-state index contributed by atoms with van der Waals surface area (Å²) >= 11 is 0. The molecule has 1 saturated heterocycles. The van der Waals surface area contributed by atoms with Gasteiger partial charge in [0.2, 0.25) is 11.8 Å². The number of hydrogen-bond acceptors (Lipinski definition) is 8. The number of carbonyl (C=O) groups excluding carboxylic acids is 2. The highest BCUT2D eigenvalue weighted by Crippen LogP contribution is 2.22. The molecule has 5 atom stereocenters. The van der Waals surface area contributed by atoms with E-state index in [1.54, 1.807) is 0 Å². The van der Waals surface area contributed by atoms with E-state index in [4.69, 9.17) is 14.2 Å². The van der Waals surface area contributed by atoms with Crippen molar-refractivity contribution in [2.45, 2.75) is 50.9 Å². The predicted molar refractivity (Wildman–Crippen MR) is 85.4 cm³/mol. The molecule has 0 aliphatic carbocycles. The molecule has 10 nitrogen and oxygen atoms in total. The molecule has 0 saturated carbocycles. The molecule has 10 heteroatoms. The van der Waals surface area contributed by atoms with Crippen molar-refractivity contribution < 1.29 is 39.1 Å². The summed E-state index contributed by atoms with van der Waals surface area (Å²) < 4.78 is 15.9. The Morgan fingerprint density at radius 3 is 2.52 bits per heavy atom. The first-order valence-electron chi connectivity index (χ1n) is 8.26. The lowest BCUT2D eigenvalue weighted by molar-refractivity contribution is -0.269. The SMILES string of the molecule is CCOCCC(=O)NCCOC1OC(CO)C(O)C(O)C1NC(C)=O. The van der Waals surface area contributed by atoms with Gasteiger partial charge >= 0.3 is 0 Å². The second kappa shape index (κ2) is 11.3. The van der Waals surface area contributed by atoms with Crippen molar-refractivity contribution in [1.29, 1.82) is 0 Å². The summed E-state index contributed by atoms with van der Waals surface area (Å²) in [4.78, 5) is 22.8. The third-order valence-electron chi connectivity index (χ3n) is 3.63. The number of nitrogens with one attached hydrogen (secondary N) is 2. The Bertz CT molecular complexity index is 422. The van der Waals surface area contributed by atoms with Gasteiger partial charge in [-0.05, 0) is 6.92 Å². The minimum absolute atomic E-state index is 0.0576. The normalized spacial score (nSPS) is 29.2. The Labute approximate surface area is 146 Å². The van der Waals surface area contributed by atoms with Crippen molar-refractivity contribution in [1.82, 2.24) is 10.6 Å². The average Bonchev–Trinajstić information content (AvgIpc) is 2.57. The zero-order chi connectivity index (χ0) is 18.8. The molecule has 5 unspecified atom stereocenters. The van der Waals surface area contributed by atoms with Gasteiger partial charge in [-0.1, -0.05) is 0 Å². The second-order valence-electron chi connectivity index (χ2n) is 5.60. The summed E-state index contributed by atoms with van der Waals surface area (Å²) in [6.07, 6.45) is -4.59. The van der Waals surface area contributed by atoms with Gasteiger partial charge < -0.3 is 40.2 Å². The molecule has 1 fully saturated rings. The maximum absolute atomic E-state index is 11.5. The van der Waals surface area contributed by atoms with Crippen LogP contribution < -0.4 is 10.6 Å². The monoisotopic (exact) mass is 364 g/mol. The Hall–Kier alpha value is -1.30. The van der Waals surface area contributed by atoms with Crippen molar-refractivity contribution >= 4 is 11.8 Å². The van der Waals surface area contributed by atoms with Gasteiger partial charge in [0.15, 0.2) is 6.29 Å². The summed E-state index contributed by atoms with van der Waals surface area (Å²) in [6, 6.07) is -0.996. The first kappa shape index (κ1) is 21.7. The van der Waals surface area contributed by atoms with Crippen LogP contribution in [0, 0.1) is 0 Å². The fraction of sp³-hybridized carbons (Fsp3) is 0.867. The van der Waals surface area contributed by atoms with Gasteiger partial charge in [0.1, 0.15) is 24.4 Å². The maximum atomic E-state index is 11.5. The number of aliphatic hydroxyl groups is 3. The first-order valence-corrected chi connectivity index (χ1v) is 8.26. The zero-order valence-electron chi connectivity index (χ0n) is 14.5. The standard InChI is InChI=1S/C15H28N2O8/c1-3-23-6-4-11(20)16-5-7-24-15-12(17-9(2)19)14(22)13(21)10(8-18)25-15/h10,12-15,18,21-22H,3-8H2,1-2H3,(H,16,20)(H,17,19). The lowest BCUT2D eigenvalue weighted by atomic mass is 9.97. The van der Waals surface area contributed by atoms with E-state index in [9.17, 15) is 24.9 Å². The molecule has 25 heavy (non-hydrogen) atoms. The number of hydrogen-bond donors (Lipinski definition) is 5.